The van der Waals surface area contributed by atoms with Crippen LogP contribution < -0.4 is 0 Å². The molecule has 1 heterocycles. The van der Waals surface area contributed by atoms with Crippen molar-refractivity contribution in [1.29, 1.82) is 0 Å². The lowest BCUT2D eigenvalue weighted by Crippen LogP contribution is -2.07. The monoisotopic (exact) mass is 318 g/mol. The summed E-state index contributed by atoms with van der Waals surface area (Å²) in [6, 6.07) is 8.29. The van der Waals surface area contributed by atoms with Crippen molar-refractivity contribution in [3.8, 4) is 0 Å². The van der Waals surface area contributed by atoms with Gasteiger partial charge in [-0.1, -0.05) is 36.4 Å². The molecule has 0 amide bonds. The number of rotatable bonds is 10. The zero-order valence-electron chi connectivity index (χ0n) is 14.0. The van der Waals surface area contributed by atoms with E-state index in [9.17, 15) is 4.79 Å². The van der Waals surface area contributed by atoms with E-state index < -0.39 is 0 Å². The van der Waals surface area contributed by atoms with Gasteiger partial charge in [-0.15, -0.1) is 0 Å². The van der Waals surface area contributed by atoms with Crippen molar-refractivity contribution >= 4 is 12.0 Å². The Hall–Kier alpha value is -1.65. The average molecular weight is 318 g/mol. The van der Waals surface area contributed by atoms with Crippen LogP contribution in [0.15, 0.2) is 30.3 Å². The summed E-state index contributed by atoms with van der Waals surface area (Å²) < 4.78 is 15.7. The second-order valence-electron chi connectivity index (χ2n) is 5.78. The van der Waals surface area contributed by atoms with Crippen molar-refractivity contribution in [2.24, 2.45) is 0 Å². The Balaban J connectivity index is 1.79. The van der Waals surface area contributed by atoms with Crippen LogP contribution in [0, 0.1) is 0 Å². The van der Waals surface area contributed by atoms with Crippen LogP contribution in [0.4, 0.5) is 0 Å². The predicted octanol–water partition coefficient (Wildman–Crippen LogP) is 3.91. The van der Waals surface area contributed by atoms with Gasteiger partial charge in [0.1, 0.15) is 6.10 Å². The largest absolute Gasteiger partial charge is 0.469 e. The van der Waals surface area contributed by atoms with Gasteiger partial charge in [0.15, 0.2) is 0 Å². The number of carbonyl (C=O) groups excluding carboxylic acids is 1. The molecule has 1 aliphatic heterocycles. The Bertz CT molecular complexity index is 520. The molecular formula is C19H26O4. The Labute approximate surface area is 138 Å². The highest BCUT2D eigenvalue weighted by atomic mass is 16.6. The average Bonchev–Trinajstić information content (AvgIpc) is 3.40. The highest BCUT2D eigenvalue weighted by Crippen LogP contribution is 2.24. The van der Waals surface area contributed by atoms with Gasteiger partial charge in [0.2, 0.25) is 0 Å². The van der Waals surface area contributed by atoms with Gasteiger partial charge in [-0.3, -0.25) is 4.79 Å². The third kappa shape index (κ3) is 6.55. The molecule has 1 unspecified atom stereocenters. The number of methoxy groups -OCH3 is 1. The van der Waals surface area contributed by atoms with Crippen molar-refractivity contribution in [1.82, 2.24) is 0 Å². The van der Waals surface area contributed by atoms with Crippen molar-refractivity contribution in [3.63, 3.8) is 0 Å². The Morgan fingerprint density at radius 1 is 1.39 bits per heavy atom. The summed E-state index contributed by atoms with van der Waals surface area (Å²) in [4.78, 5) is 11.0. The van der Waals surface area contributed by atoms with Gasteiger partial charge in [-0.2, -0.15) is 0 Å². The number of allylic oxidation sites excluding steroid dienone is 1. The molecule has 0 aliphatic carbocycles. The van der Waals surface area contributed by atoms with Crippen molar-refractivity contribution < 1.29 is 19.0 Å². The maximum Gasteiger partial charge on any atom is 0.305 e. The number of hydrogen-bond donors (Lipinski definition) is 0. The first-order valence-corrected chi connectivity index (χ1v) is 8.26. The zero-order chi connectivity index (χ0) is 16.5. The molecule has 0 saturated carbocycles. The molecular weight excluding hydrogens is 292 g/mol. The maximum atomic E-state index is 11.0. The summed E-state index contributed by atoms with van der Waals surface area (Å²) in [5, 5.41) is 0. The first-order valence-electron chi connectivity index (χ1n) is 8.26. The molecule has 2 atom stereocenters. The summed E-state index contributed by atoms with van der Waals surface area (Å²) in [5.41, 5.74) is 2.38. The molecule has 23 heavy (non-hydrogen) atoms. The van der Waals surface area contributed by atoms with Crippen molar-refractivity contribution in [2.75, 3.05) is 20.3 Å². The summed E-state index contributed by atoms with van der Waals surface area (Å²) in [6.45, 7) is 3.55. The van der Waals surface area contributed by atoms with Crippen LogP contribution in [-0.4, -0.2) is 32.4 Å². The molecule has 1 fully saturated rings. The van der Waals surface area contributed by atoms with E-state index in [1.807, 2.05) is 12.1 Å². The van der Waals surface area contributed by atoms with E-state index in [4.69, 9.17) is 9.47 Å². The molecule has 4 heteroatoms. The maximum absolute atomic E-state index is 11.0. The minimum atomic E-state index is -0.134. The summed E-state index contributed by atoms with van der Waals surface area (Å²) in [5.74, 6) is -0.134. The number of epoxide rings is 1. The highest BCUT2D eigenvalue weighted by Gasteiger charge is 2.23. The quantitative estimate of drug-likeness (QED) is 0.373. The molecule has 0 radical (unpaired) electrons. The first-order chi connectivity index (χ1) is 11.2. The Morgan fingerprint density at radius 2 is 2.17 bits per heavy atom. The van der Waals surface area contributed by atoms with Crippen LogP contribution in [0.25, 0.3) is 6.08 Å². The van der Waals surface area contributed by atoms with Crippen LogP contribution in [0.3, 0.4) is 0 Å². The summed E-state index contributed by atoms with van der Waals surface area (Å²) in [7, 11) is 1.43. The second kappa shape index (κ2) is 9.48. The minimum absolute atomic E-state index is 0.0550. The SMILES string of the molecule is COC(=O)CCCC/C=C/c1ccccc1C(C)OC[C@H]1CO1. The van der Waals surface area contributed by atoms with Gasteiger partial charge in [-0.05, 0) is 37.3 Å². The van der Waals surface area contributed by atoms with Gasteiger partial charge in [0, 0.05) is 6.42 Å². The molecule has 1 saturated heterocycles. The fourth-order valence-electron chi connectivity index (χ4n) is 2.38. The standard InChI is InChI=1S/C19H26O4/c1-15(22-13-17-14-23-17)18-11-8-7-10-16(18)9-5-3-4-6-12-19(20)21-2/h5,7-11,15,17H,3-4,6,12-14H2,1-2H3/b9-5+/t15?,17-/m0/s1. The molecule has 1 aromatic rings. The van der Waals surface area contributed by atoms with Gasteiger partial charge >= 0.3 is 5.97 Å². The van der Waals surface area contributed by atoms with Crippen LogP contribution in [0.5, 0.6) is 0 Å². The molecule has 0 aromatic heterocycles. The number of carbonyl (C=O) groups is 1. The number of esters is 1. The predicted molar refractivity (Wildman–Crippen MR) is 90.1 cm³/mol. The van der Waals surface area contributed by atoms with E-state index in [1.165, 1.54) is 18.2 Å². The molecule has 4 nitrogen and oxygen atoms in total. The van der Waals surface area contributed by atoms with Crippen molar-refractivity contribution in [3.05, 3.63) is 41.5 Å². The molecule has 0 bridgehead atoms. The third-order valence-electron chi connectivity index (χ3n) is 3.90. The Morgan fingerprint density at radius 3 is 2.91 bits per heavy atom. The van der Waals surface area contributed by atoms with Crippen molar-refractivity contribution in [2.45, 2.75) is 44.8 Å². The number of unbranched alkanes of at least 4 members (excludes halogenated alkanes) is 2. The van der Waals surface area contributed by atoms with Gasteiger partial charge in [0.05, 0.1) is 26.4 Å². The van der Waals surface area contributed by atoms with Gasteiger partial charge in [0.25, 0.3) is 0 Å². The van der Waals surface area contributed by atoms with E-state index in [2.05, 4.69) is 35.9 Å². The lowest BCUT2D eigenvalue weighted by Gasteiger charge is -2.15. The topological polar surface area (TPSA) is 48.1 Å². The minimum Gasteiger partial charge on any atom is -0.469 e. The summed E-state index contributed by atoms with van der Waals surface area (Å²) in [6.07, 6.45) is 7.94. The molecule has 2 rings (SSSR count). The second-order valence-corrected chi connectivity index (χ2v) is 5.78. The normalized spacial score (nSPS) is 18.1. The van der Waals surface area contributed by atoms with Crippen LogP contribution in [-0.2, 0) is 19.0 Å². The fourth-order valence-corrected chi connectivity index (χ4v) is 2.38. The smallest absolute Gasteiger partial charge is 0.305 e. The first kappa shape index (κ1) is 17.7. The Kier molecular flexibility index (Phi) is 7.30. The van der Waals surface area contributed by atoms with E-state index >= 15 is 0 Å². The van der Waals surface area contributed by atoms with E-state index in [-0.39, 0.29) is 18.2 Å². The fraction of sp³-hybridized carbons (Fsp3) is 0.526. The lowest BCUT2D eigenvalue weighted by molar-refractivity contribution is -0.140. The number of benzene rings is 1. The van der Waals surface area contributed by atoms with Crippen LogP contribution in [0.1, 0.15) is 49.8 Å². The third-order valence-corrected chi connectivity index (χ3v) is 3.90. The van der Waals surface area contributed by atoms with Crippen LogP contribution in [0.2, 0.25) is 0 Å². The lowest BCUT2D eigenvalue weighted by atomic mass is 10.0. The van der Waals surface area contributed by atoms with Gasteiger partial charge < -0.3 is 14.2 Å². The zero-order valence-corrected chi connectivity index (χ0v) is 14.0. The summed E-state index contributed by atoms with van der Waals surface area (Å²) >= 11 is 0. The van der Waals surface area contributed by atoms with E-state index in [0.29, 0.717) is 13.0 Å². The van der Waals surface area contributed by atoms with Gasteiger partial charge in [-0.25, -0.2) is 0 Å². The van der Waals surface area contributed by atoms with E-state index in [0.717, 1.165) is 25.9 Å². The molecule has 0 N–H and O–H groups in total. The molecule has 0 spiro atoms. The number of ether oxygens (including phenoxy) is 3. The number of hydrogen-bond acceptors (Lipinski definition) is 4. The van der Waals surface area contributed by atoms with Crippen LogP contribution >= 0.6 is 0 Å². The van der Waals surface area contributed by atoms with E-state index in [1.54, 1.807) is 0 Å². The molecule has 1 aromatic carbocycles. The molecule has 1 aliphatic rings. The molecule has 126 valence electrons. The highest BCUT2D eigenvalue weighted by molar-refractivity contribution is 5.69.